The predicted molar refractivity (Wildman–Crippen MR) is 62.1 cm³/mol. The first-order valence-corrected chi connectivity index (χ1v) is 5.43. The molecule has 1 aromatic rings. The van der Waals surface area contributed by atoms with E-state index in [2.05, 4.69) is 10.1 Å². The maximum atomic E-state index is 8.44. The van der Waals surface area contributed by atoms with E-state index in [-0.39, 0.29) is 0 Å². The smallest absolute Gasteiger partial charge is 0.126 e. The molecule has 0 bridgehead atoms. The van der Waals surface area contributed by atoms with Crippen molar-refractivity contribution in [3.05, 3.63) is 35.4 Å². The van der Waals surface area contributed by atoms with E-state index in [1.54, 1.807) is 39.8 Å². The van der Waals surface area contributed by atoms with Crippen LogP contribution >= 0.6 is 0 Å². The lowest BCUT2D eigenvalue weighted by molar-refractivity contribution is -0.529. The molecule has 102 valence electrons. The Morgan fingerprint density at radius 1 is 0.778 bits per heavy atom. The van der Waals surface area contributed by atoms with Gasteiger partial charge in [-0.05, 0) is 38.8 Å². The molecule has 0 atom stereocenters. The van der Waals surface area contributed by atoms with Crippen LogP contribution in [0.15, 0.2) is 24.3 Å². The van der Waals surface area contributed by atoms with E-state index in [0.717, 1.165) is 11.1 Å². The number of benzene rings is 1. The zero-order valence-corrected chi connectivity index (χ0v) is 10.8. The molecular weight excluding hydrogens is 240 g/mol. The molecule has 18 heavy (non-hydrogen) atoms. The molecular formula is C12H18O6. The van der Waals surface area contributed by atoms with Gasteiger partial charge in [0.1, 0.15) is 11.2 Å². The van der Waals surface area contributed by atoms with Gasteiger partial charge in [0.25, 0.3) is 0 Å². The lowest BCUT2D eigenvalue weighted by Gasteiger charge is -2.30. The second-order valence-corrected chi connectivity index (χ2v) is 4.88. The maximum Gasteiger partial charge on any atom is 0.126 e. The van der Waals surface area contributed by atoms with E-state index in [9.17, 15) is 0 Å². The highest BCUT2D eigenvalue weighted by atomic mass is 17.5. The Morgan fingerprint density at radius 2 is 1.11 bits per heavy atom. The zero-order chi connectivity index (χ0) is 13.8. The van der Waals surface area contributed by atoms with E-state index in [0.29, 0.717) is 0 Å². The molecule has 0 heterocycles. The summed E-state index contributed by atoms with van der Waals surface area (Å²) >= 11 is 0. The highest BCUT2D eigenvalue weighted by Gasteiger charge is 2.33. The molecule has 0 saturated heterocycles. The summed E-state index contributed by atoms with van der Waals surface area (Å²) in [5, 5.41) is 24.4. The maximum absolute atomic E-state index is 8.44. The molecule has 1 aromatic carbocycles. The lowest BCUT2D eigenvalue weighted by atomic mass is 9.85. The highest BCUT2D eigenvalue weighted by molar-refractivity contribution is 5.35. The standard InChI is InChI=1S/C12H18O6/c1-11(2,15-17-13)9-7-5-6-8-10(9)12(3,4)16-18-14/h5-8,13-14H,1-4H3. The molecule has 0 unspecified atom stereocenters. The van der Waals surface area contributed by atoms with E-state index in [1.807, 2.05) is 12.1 Å². The Balaban J connectivity index is 3.22. The van der Waals surface area contributed by atoms with Gasteiger partial charge in [-0.2, -0.15) is 9.78 Å². The van der Waals surface area contributed by atoms with Crippen LogP contribution < -0.4 is 0 Å². The molecule has 6 nitrogen and oxygen atoms in total. The number of hydrogen-bond donors (Lipinski definition) is 2. The largest absolute Gasteiger partial charge is 0.221 e. The van der Waals surface area contributed by atoms with Crippen molar-refractivity contribution in [2.75, 3.05) is 0 Å². The Morgan fingerprint density at radius 3 is 1.39 bits per heavy atom. The van der Waals surface area contributed by atoms with Crippen molar-refractivity contribution in [3.8, 4) is 0 Å². The molecule has 0 radical (unpaired) electrons. The van der Waals surface area contributed by atoms with Crippen LogP contribution in [0.4, 0.5) is 0 Å². The monoisotopic (exact) mass is 258 g/mol. The fraction of sp³-hybridized carbons (Fsp3) is 0.500. The topological polar surface area (TPSA) is 77.4 Å². The Hall–Kier alpha value is -1.02. The lowest BCUT2D eigenvalue weighted by Crippen LogP contribution is -2.30. The van der Waals surface area contributed by atoms with Gasteiger partial charge < -0.3 is 0 Å². The molecule has 1 rings (SSSR count). The Kier molecular flexibility index (Phi) is 4.80. The van der Waals surface area contributed by atoms with E-state index >= 15 is 0 Å². The molecule has 0 aliphatic heterocycles. The summed E-state index contributed by atoms with van der Waals surface area (Å²) in [7, 11) is 0. The summed E-state index contributed by atoms with van der Waals surface area (Å²) in [4.78, 5) is 9.65. The third kappa shape index (κ3) is 3.26. The minimum atomic E-state index is -0.901. The number of hydrogen-bond acceptors (Lipinski definition) is 6. The van der Waals surface area contributed by atoms with E-state index in [1.165, 1.54) is 0 Å². The summed E-state index contributed by atoms with van der Waals surface area (Å²) < 4.78 is 0. The summed E-state index contributed by atoms with van der Waals surface area (Å²) in [5.41, 5.74) is -0.356. The molecule has 0 amide bonds. The van der Waals surface area contributed by atoms with Gasteiger partial charge in [-0.25, -0.2) is 10.5 Å². The minimum Gasteiger partial charge on any atom is -0.221 e. The average Bonchev–Trinajstić information content (AvgIpc) is 2.29. The van der Waals surface area contributed by atoms with Crippen LogP contribution in [0.5, 0.6) is 0 Å². The first-order valence-electron chi connectivity index (χ1n) is 5.43. The minimum absolute atomic E-state index is 0.723. The molecule has 0 fully saturated rings. The molecule has 0 spiro atoms. The third-order valence-corrected chi connectivity index (χ3v) is 2.72. The van der Waals surface area contributed by atoms with Crippen molar-refractivity contribution in [1.29, 1.82) is 0 Å². The fourth-order valence-electron chi connectivity index (χ4n) is 1.81. The van der Waals surface area contributed by atoms with Crippen LogP contribution in [0, 0.1) is 0 Å². The zero-order valence-electron chi connectivity index (χ0n) is 10.8. The number of rotatable bonds is 6. The van der Waals surface area contributed by atoms with Gasteiger partial charge in [0.2, 0.25) is 0 Å². The van der Waals surface area contributed by atoms with Gasteiger partial charge in [-0.15, -0.1) is 0 Å². The fourth-order valence-corrected chi connectivity index (χ4v) is 1.81. The molecule has 0 saturated carbocycles. The first-order chi connectivity index (χ1) is 8.35. The van der Waals surface area contributed by atoms with Crippen molar-refractivity contribution >= 4 is 0 Å². The van der Waals surface area contributed by atoms with Crippen molar-refractivity contribution < 1.29 is 30.4 Å². The van der Waals surface area contributed by atoms with E-state index in [4.69, 9.17) is 20.3 Å². The first kappa shape index (κ1) is 15.0. The normalized spacial score (nSPS) is 12.8. The predicted octanol–water partition coefficient (Wildman–Crippen LogP) is 3.00. The van der Waals surface area contributed by atoms with E-state index < -0.39 is 11.2 Å². The second kappa shape index (κ2) is 5.75. The van der Waals surface area contributed by atoms with Gasteiger partial charge in [0, 0.05) is 0 Å². The van der Waals surface area contributed by atoms with Crippen molar-refractivity contribution in [2.45, 2.75) is 38.9 Å². The van der Waals surface area contributed by atoms with Gasteiger partial charge >= 0.3 is 0 Å². The Bertz CT molecular complexity index is 351. The Labute approximate surface area is 105 Å². The van der Waals surface area contributed by atoms with Crippen LogP contribution in [0.25, 0.3) is 0 Å². The van der Waals surface area contributed by atoms with Gasteiger partial charge in [-0.3, -0.25) is 0 Å². The molecule has 0 aromatic heterocycles. The molecule has 0 aliphatic carbocycles. The van der Waals surface area contributed by atoms with Gasteiger partial charge in [0.15, 0.2) is 0 Å². The third-order valence-electron chi connectivity index (χ3n) is 2.72. The quantitative estimate of drug-likeness (QED) is 0.603. The summed E-state index contributed by atoms with van der Waals surface area (Å²) in [6.45, 7) is 6.88. The van der Waals surface area contributed by atoms with Crippen LogP contribution in [-0.4, -0.2) is 10.5 Å². The molecule has 6 heteroatoms. The summed E-state index contributed by atoms with van der Waals surface area (Å²) in [6, 6.07) is 7.24. The average molecular weight is 258 g/mol. The van der Waals surface area contributed by atoms with Crippen LogP contribution in [0.2, 0.25) is 0 Å². The highest BCUT2D eigenvalue weighted by Crippen LogP contribution is 2.35. The second-order valence-electron chi connectivity index (χ2n) is 4.88. The van der Waals surface area contributed by atoms with Crippen LogP contribution in [-0.2, 0) is 31.1 Å². The van der Waals surface area contributed by atoms with Crippen LogP contribution in [0.3, 0.4) is 0 Å². The van der Waals surface area contributed by atoms with Gasteiger partial charge in [0.05, 0.1) is 0 Å². The SMILES string of the molecule is CC(C)(OOO)c1ccccc1C(C)(C)OOO. The summed E-state index contributed by atoms with van der Waals surface area (Å²) in [6.07, 6.45) is 0. The van der Waals surface area contributed by atoms with Crippen LogP contribution in [0.1, 0.15) is 38.8 Å². The summed E-state index contributed by atoms with van der Waals surface area (Å²) in [5.74, 6) is 0. The molecule has 2 N–H and O–H groups in total. The van der Waals surface area contributed by atoms with Crippen molar-refractivity contribution in [3.63, 3.8) is 0 Å². The van der Waals surface area contributed by atoms with Crippen molar-refractivity contribution in [1.82, 2.24) is 0 Å². The molecule has 0 aliphatic rings. The van der Waals surface area contributed by atoms with Gasteiger partial charge in [-0.1, -0.05) is 34.3 Å². The van der Waals surface area contributed by atoms with Crippen molar-refractivity contribution in [2.24, 2.45) is 0 Å².